The van der Waals surface area contributed by atoms with Crippen LogP contribution >= 0.6 is 11.3 Å². The molecule has 3 aromatic rings. The van der Waals surface area contributed by atoms with Gasteiger partial charge in [-0.3, -0.25) is 14.4 Å². The molecule has 0 spiro atoms. The fourth-order valence-corrected chi connectivity index (χ4v) is 3.72. The summed E-state index contributed by atoms with van der Waals surface area (Å²) in [4.78, 5) is 18.4. The zero-order chi connectivity index (χ0) is 17.1. The van der Waals surface area contributed by atoms with Crippen LogP contribution in [0.1, 0.15) is 34.4 Å². The van der Waals surface area contributed by atoms with Gasteiger partial charge in [0.1, 0.15) is 11.5 Å². The Hall–Kier alpha value is -2.45. The molecule has 1 aliphatic heterocycles. The summed E-state index contributed by atoms with van der Waals surface area (Å²) >= 11 is 1.42. The molecular weight excluding hydrogens is 338 g/mol. The van der Waals surface area contributed by atoms with Gasteiger partial charge in [0.2, 0.25) is 0 Å². The van der Waals surface area contributed by atoms with E-state index < -0.39 is 0 Å². The van der Waals surface area contributed by atoms with Gasteiger partial charge >= 0.3 is 0 Å². The highest BCUT2D eigenvalue weighted by Crippen LogP contribution is 2.24. The minimum atomic E-state index is -0.120. The number of thiazole rings is 1. The van der Waals surface area contributed by atoms with Crippen LogP contribution in [0.2, 0.25) is 0 Å². The zero-order valence-electron chi connectivity index (χ0n) is 13.7. The summed E-state index contributed by atoms with van der Waals surface area (Å²) < 4.78 is 7.54. The Bertz CT molecular complexity index is 812. The van der Waals surface area contributed by atoms with E-state index in [1.807, 2.05) is 18.3 Å². The SMILES string of the molecule is O=C(NCC[C@@H]1CN(Cc2ccco2)Cc2ccnn21)c1cscn1. The van der Waals surface area contributed by atoms with E-state index in [0.29, 0.717) is 12.2 Å². The second kappa shape index (κ2) is 7.20. The van der Waals surface area contributed by atoms with Gasteiger partial charge in [-0.05, 0) is 24.6 Å². The molecule has 0 unspecified atom stereocenters. The van der Waals surface area contributed by atoms with Crippen molar-refractivity contribution in [3.05, 3.63) is 58.7 Å². The van der Waals surface area contributed by atoms with E-state index in [0.717, 1.165) is 31.8 Å². The van der Waals surface area contributed by atoms with Gasteiger partial charge in [0.05, 0.1) is 30.1 Å². The Morgan fingerprint density at radius 3 is 3.20 bits per heavy atom. The van der Waals surface area contributed by atoms with Crippen LogP contribution in [-0.2, 0) is 13.1 Å². The molecule has 0 fully saturated rings. The normalized spacial score (nSPS) is 17.4. The van der Waals surface area contributed by atoms with Gasteiger partial charge in [-0.1, -0.05) is 0 Å². The maximum absolute atomic E-state index is 12.0. The third kappa shape index (κ3) is 3.64. The molecule has 0 radical (unpaired) electrons. The lowest BCUT2D eigenvalue weighted by molar-refractivity contribution is 0.0942. The molecule has 1 N–H and O–H groups in total. The van der Waals surface area contributed by atoms with Gasteiger partial charge in [-0.25, -0.2) is 4.98 Å². The summed E-state index contributed by atoms with van der Waals surface area (Å²) in [7, 11) is 0. The molecular formula is C17H19N5O2S. The van der Waals surface area contributed by atoms with Crippen molar-refractivity contribution in [1.82, 2.24) is 25.0 Å². The first-order valence-electron chi connectivity index (χ1n) is 8.23. The summed E-state index contributed by atoms with van der Waals surface area (Å²) in [6.07, 6.45) is 4.36. The second-order valence-electron chi connectivity index (χ2n) is 6.09. The van der Waals surface area contributed by atoms with Crippen LogP contribution in [0.4, 0.5) is 0 Å². The molecule has 0 aromatic carbocycles. The van der Waals surface area contributed by atoms with Crippen molar-refractivity contribution in [3.8, 4) is 0 Å². The Labute approximate surface area is 149 Å². The number of rotatable bonds is 6. The standard InChI is InChI=1S/C17H19N5O2S/c23-17(16-11-25-12-19-16)18-5-3-13-8-21(10-15-2-1-7-24-15)9-14-4-6-20-22(13)14/h1-2,4,6-7,11-13H,3,5,8-10H2,(H,18,23)/t13-/m1/s1. The fourth-order valence-electron chi connectivity index (χ4n) is 3.19. The number of nitrogens with zero attached hydrogens (tertiary/aromatic N) is 4. The average Bonchev–Trinajstić information content (AvgIpc) is 3.36. The van der Waals surface area contributed by atoms with Crippen LogP contribution < -0.4 is 5.32 Å². The largest absolute Gasteiger partial charge is 0.468 e. The predicted molar refractivity (Wildman–Crippen MR) is 93.2 cm³/mol. The smallest absolute Gasteiger partial charge is 0.270 e. The summed E-state index contributed by atoms with van der Waals surface area (Å²) in [5.74, 6) is 0.841. The van der Waals surface area contributed by atoms with Gasteiger partial charge in [-0.2, -0.15) is 5.10 Å². The fraction of sp³-hybridized carbons (Fsp3) is 0.353. The van der Waals surface area contributed by atoms with Crippen LogP contribution in [0, 0.1) is 0 Å². The first kappa shape index (κ1) is 16.0. The number of carbonyl (C=O) groups excluding carboxylic acids is 1. The summed E-state index contributed by atoms with van der Waals surface area (Å²) in [6.45, 7) is 3.10. The quantitative estimate of drug-likeness (QED) is 0.733. The van der Waals surface area contributed by atoms with Gasteiger partial charge in [0.15, 0.2) is 0 Å². The van der Waals surface area contributed by atoms with E-state index in [4.69, 9.17) is 4.42 Å². The van der Waals surface area contributed by atoms with Crippen molar-refractivity contribution in [1.29, 1.82) is 0 Å². The van der Waals surface area contributed by atoms with Gasteiger partial charge in [0, 0.05) is 31.2 Å². The molecule has 25 heavy (non-hydrogen) atoms. The lowest BCUT2D eigenvalue weighted by Gasteiger charge is -2.33. The van der Waals surface area contributed by atoms with Crippen molar-refractivity contribution in [3.63, 3.8) is 0 Å². The van der Waals surface area contributed by atoms with Crippen LogP contribution in [0.25, 0.3) is 0 Å². The van der Waals surface area contributed by atoms with Gasteiger partial charge < -0.3 is 9.73 Å². The van der Waals surface area contributed by atoms with Crippen LogP contribution in [0.5, 0.6) is 0 Å². The molecule has 0 bridgehead atoms. The zero-order valence-corrected chi connectivity index (χ0v) is 14.5. The van der Waals surface area contributed by atoms with E-state index in [1.165, 1.54) is 17.0 Å². The number of furan rings is 1. The van der Waals surface area contributed by atoms with Crippen molar-refractivity contribution in [2.24, 2.45) is 0 Å². The van der Waals surface area contributed by atoms with Crippen molar-refractivity contribution in [2.75, 3.05) is 13.1 Å². The summed E-state index contributed by atoms with van der Waals surface area (Å²) in [5, 5.41) is 9.16. The highest BCUT2D eigenvalue weighted by Gasteiger charge is 2.26. The Morgan fingerprint density at radius 2 is 2.40 bits per heavy atom. The average molecular weight is 357 g/mol. The molecule has 8 heteroatoms. The second-order valence-corrected chi connectivity index (χ2v) is 6.81. The topological polar surface area (TPSA) is 76.2 Å². The number of hydrogen-bond donors (Lipinski definition) is 1. The highest BCUT2D eigenvalue weighted by atomic mass is 32.1. The number of carbonyl (C=O) groups is 1. The van der Waals surface area contributed by atoms with E-state index in [2.05, 4.69) is 31.0 Å². The molecule has 0 aliphatic carbocycles. The molecule has 0 saturated carbocycles. The van der Waals surface area contributed by atoms with Crippen LogP contribution in [0.15, 0.2) is 46.0 Å². The van der Waals surface area contributed by atoms with Crippen molar-refractivity contribution >= 4 is 17.2 Å². The minimum absolute atomic E-state index is 0.120. The summed E-state index contributed by atoms with van der Waals surface area (Å²) in [5.41, 5.74) is 3.33. The predicted octanol–water partition coefficient (Wildman–Crippen LogP) is 2.31. The number of fused-ring (bicyclic) bond motifs is 1. The number of amides is 1. The van der Waals surface area contributed by atoms with Crippen LogP contribution in [-0.4, -0.2) is 38.7 Å². The first-order chi connectivity index (χ1) is 12.3. The maximum atomic E-state index is 12.0. The third-order valence-electron chi connectivity index (χ3n) is 4.34. The van der Waals surface area contributed by atoms with E-state index >= 15 is 0 Å². The molecule has 4 heterocycles. The van der Waals surface area contributed by atoms with E-state index in [9.17, 15) is 4.79 Å². The van der Waals surface area contributed by atoms with Gasteiger partial charge in [-0.15, -0.1) is 11.3 Å². The number of nitrogens with one attached hydrogen (secondary N) is 1. The van der Waals surface area contributed by atoms with E-state index in [1.54, 1.807) is 17.2 Å². The van der Waals surface area contributed by atoms with Gasteiger partial charge in [0.25, 0.3) is 5.91 Å². The minimum Gasteiger partial charge on any atom is -0.468 e. The molecule has 7 nitrogen and oxygen atoms in total. The monoisotopic (exact) mass is 357 g/mol. The highest BCUT2D eigenvalue weighted by molar-refractivity contribution is 7.07. The lowest BCUT2D eigenvalue weighted by atomic mass is 10.1. The van der Waals surface area contributed by atoms with Crippen molar-refractivity contribution < 1.29 is 9.21 Å². The Morgan fingerprint density at radius 1 is 1.44 bits per heavy atom. The third-order valence-corrected chi connectivity index (χ3v) is 4.93. The molecule has 1 aliphatic rings. The number of hydrogen-bond acceptors (Lipinski definition) is 6. The maximum Gasteiger partial charge on any atom is 0.270 e. The van der Waals surface area contributed by atoms with E-state index in [-0.39, 0.29) is 11.9 Å². The summed E-state index contributed by atoms with van der Waals surface area (Å²) in [6, 6.07) is 6.18. The Kier molecular flexibility index (Phi) is 4.62. The van der Waals surface area contributed by atoms with Crippen LogP contribution in [0.3, 0.4) is 0 Å². The molecule has 3 aromatic heterocycles. The molecule has 0 saturated heterocycles. The lowest BCUT2D eigenvalue weighted by Crippen LogP contribution is -2.38. The Balaban J connectivity index is 1.37. The molecule has 130 valence electrons. The molecule has 1 amide bonds. The number of aromatic nitrogens is 3. The molecule has 4 rings (SSSR count). The molecule has 1 atom stereocenters. The first-order valence-corrected chi connectivity index (χ1v) is 9.17. The van der Waals surface area contributed by atoms with Crippen molar-refractivity contribution in [2.45, 2.75) is 25.6 Å².